The van der Waals surface area contributed by atoms with E-state index < -0.39 is 0 Å². The largest absolute Gasteiger partial charge is 0.497 e. The van der Waals surface area contributed by atoms with Gasteiger partial charge in [0.25, 0.3) is 0 Å². The van der Waals surface area contributed by atoms with Crippen LogP contribution in [0.15, 0.2) is 91.5 Å². The van der Waals surface area contributed by atoms with Crippen LogP contribution in [0.4, 0.5) is 11.6 Å². The maximum Gasteiger partial charge on any atom is 0.225 e. The molecule has 8 heteroatoms. The van der Waals surface area contributed by atoms with E-state index >= 15 is 0 Å². The number of anilines is 2. The molecule has 0 saturated carbocycles. The van der Waals surface area contributed by atoms with Crippen molar-refractivity contribution in [2.75, 3.05) is 43.1 Å². The number of hydrogen-bond donors (Lipinski definition) is 0. The van der Waals surface area contributed by atoms with Crippen molar-refractivity contribution >= 4 is 28.2 Å². The lowest BCUT2D eigenvalue weighted by Gasteiger charge is -2.36. The number of pyridine rings is 2. The van der Waals surface area contributed by atoms with Crippen LogP contribution in [0.25, 0.3) is 27.7 Å². The molecule has 6 aromatic rings. The van der Waals surface area contributed by atoms with Crippen molar-refractivity contribution in [3.63, 3.8) is 0 Å². The lowest BCUT2D eigenvalue weighted by molar-refractivity contribution is 0.415. The number of methoxy groups -OCH3 is 1. The first-order chi connectivity index (χ1) is 21.5. The number of hydrogen-bond acceptors (Lipinski definition) is 7. The van der Waals surface area contributed by atoms with Gasteiger partial charge in [0.2, 0.25) is 5.95 Å². The Hall–Kier alpha value is -4.98. The molecule has 0 spiro atoms. The number of rotatable bonds is 6. The number of aromatic nitrogens is 5. The van der Waals surface area contributed by atoms with Crippen LogP contribution in [0, 0.1) is 13.8 Å². The van der Waals surface area contributed by atoms with Crippen molar-refractivity contribution in [3.8, 4) is 16.9 Å². The Kier molecular flexibility index (Phi) is 8.68. The third-order valence-corrected chi connectivity index (χ3v) is 8.09. The van der Waals surface area contributed by atoms with Crippen LogP contribution in [0.2, 0.25) is 0 Å². The number of ether oxygens (including phenoxy) is 1. The van der Waals surface area contributed by atoms with Crippen LogP contribution in [0.3, 0.4) is 0 Å². The molecule has 0 radical (unpaired) electrons. The topological polar surface area (TPSA) is 71.7 Å². The molecule has 0 bridgehead atoms. The minimum Gasteiger partial charge on any atom is -0.497 e. The third kappa shape index (κ3) is 6.49. The molecule has 8 nitrogen and oxygen atoms in total. The SMILES string of the molecule is CCCc1cnc(N2CCN(c3ccc(-c4ccn5c(C)cnc5c4)cc3)CC2)nc1.COc1ccc2nc(C)ccc2c1. The monoisotopic (exact) mass is 585 g/mol. The highest BCUT2D eigenvalue weighted by molar-refractivity contribution is 5.80. The Morgan fingerprint density at radius 1 is 0.750 bits per heavy atom. The van der Waals surface area contributed by atoms with Crippen LogP contribution in [-0.4, -0.2) is 57.6 Å². The van der Waals surface area contributed by atoms with Crippen LogP contribution < -0.4 is 14.5 Å². The minimum atomic E-state index is 0.847. The molecule has 4 aromatic heterocycles. The Bertz CT molecular complexity index is 1840. The zero-order valence-electron chi connectivity index (χ0n) is 25.9. The molecule has 2 aromatic carbocycles. The van der Waals surface area contributed by atoms with E-state index in [1.165, 1.54) is 22.4 Å². The van der Waals surface area contributed by atoms with Gasteiger partial charge in [-0.25, -0.2) is 15.0 Å². The van der Waals surface area contributed by atoms with E-state index in [1.54, 1.807) is 7.11 Å². The van der Waals surface area contributed by atoms with Crippen LogP contribution in [-0.2, 0) is 6.42 Å². The molecule has 0 aliphatic carbocycles. The summed E-state index contributed by atoms with van der Waals surface area (Å²) in [5.74, 6) is 1.72. The molecular formula is C36H39N7O. The number of benzene rings is 2. The molecule has 1 saturated heterocycles. The van der Waals surface area contributed by atoms with Crippen molar-refractivity contribution in [3.05, 3.63) is 108 Å². The fraction of sp³-hybridized carbons (Fsp3) is 0.278. The summed E-state index contributed by atoms with van der Waals surface area (Å²) in [6.07, 6.45) is 10.1. The second kappa shape index (κ2) is 13.1. The second-order valence-corrected chi connectivity index (χ2v) is 11.2. The quantitative estimate of drug-likeness (QED) is 0.210. The van der Waals surface area contributed by atoms with Crippen LogP contribution in [0.1, 0.15) is 30.3 Å². The molecule has 0 unspecified atom stereocenters. The van der Waals surface area contributed by atoms with Crippen molar-refractivity contribution in [1.29, 1.82) is 0 Å². The fourth-order valence-electron chi connectivity index (χ4n) is 5.58. The predicted molar refractivity (Wildman–Crippen MR) is 179 cm³/mol. The molecule has 44 heavy (non-hydrogen) atoms. The lowest BCUT2D eigenvalue weighted by atomic mass is 10.1. The summed E-state index contributed by atoms with van der Waals surface area (Å²) in [6, 6.07) is 23.1. The Labute approximate surface area is 259 Å². The van der Waals surface area contributed by atoms with Gasteiger partial charge < -0.3 is 18.9 Å². The second-order valence-electron chi connectivity index (χ2n) is 11.2. The van der Waals surface area contributed by atoms with Gasteiger partial charge in [-0.15, -0.1) is 0 Å². The van der Waals surface area contributed by atoms with E-state index in [1.807, 2.05) is 49.8 Å². The van der Waals surface area contributed by atoms with Gasteiger partial charge in [0.1, 0.15) is 11.4 Å². The first kappa shape index (κ1) is 29.1. The zero-order valence-corrected chi connectivity index (χ0v) is 25.9. The molecule has 224 valence electrons. The number of imidazole rings is 1. The first-order valence-electron chi connectivity index (χ1n) is 15.3. The van der Waals surface area contributed by atoms with E-state index in [0.717, 1.165) is 78.7 Å². The normalized spacial score (nSPS) is 13.2. The van der Waals surface area contributed by atoms with Crippen molar-refractivity contribution < 1.29 is 4.74 Å². The fourth-order valence-corrected chi connectivity index (χ4v) is 5.58. The Morgan fingerprint density at radius 3 is 2.23 bits per heavy atom. The lowest BCUT2D eigenvalue weighted by Crippen LogP contribution is -2.47. The molecule has 0 N–H and O–H groups in total. The number of piperazine rings is 1. The summed E-state index contributed by atoms with van der Waals surface area (Å²) in [5.41, 5.74) is 9.08. The van der Waals surface area contributed by atoms with E-state index in [4.69, 9.17) is 4.74 Å². The van der Waals surface area contributed by atoms with Gasteiger partial charge in [-0.3, -0.25) is 4.98 Å². The molecule has 0 amide bonds. The van der Waals surface area contributed by atoms with E-state index in [9.17, 15) is 0 Å². The van der Waals surface area contributed by atoms with Crippen LogP contribution >= 0.6 is 0 Å². The van der Waals surface area contributed by atoms with Gasteiger partial charge in [-0.1, -0.05) is 31.5 Å². The molecule has 1 aliphatic rings. The standard InChI is InChI=1S/C25H28N6.C11H11NO/c1-3-4-20-17-27-25(28-18-20)30-13-11-29(12-14-30)23-7-5-21(6-8-23)22-9-10-31-19(2)16-26-24(31)15-22;1-8-3-4-9-7-10(13-2)5-6-11(9)12-8/h5-10,15-18H,3-4,11-14H2,1-2H3;3-7H,1-2H3. The minimum absolute atomic E-state index is 0.847. The summed E-state index contributed by atoms with van der Waals surface area (Å²) in [4.78, 5) is 22.7. The number of nitrogens with zero attached hydrogens (tertiary/aromatic N) is 7. The summed E-state index contributed by atoms with van der Waals surface area (Å²) in [5, 5.41) is 1.12. The Balaban J connectivity index is 0.000000220. The first-order valence-corrected chi connectivity index (χ1v) is 15.3. The van der Waals surface area contributed by atoms with Gasteiger partial charge in [-0.05, 0) is 85.5 Å². The van der Waals surface area contributed by atoms with E-state index in [0.29, 0.717) is 0 Å². The van der Waals surface area contributed by atoms with E-state index in [2.05, 4.69) is 96.6 Å². The number of aryl methyl sites for hydroxylation is 3. The maximum atomic E-state index is 5.12. The highest BCUT2D eigenvalue weighted by Gasteiger charge is 2.19. The molecule has 7 rings (SSSR count). The molecular weight excluding hydrogens is 546 g/mol. The van der Waals surface area contributed by atoms with Gasteiger partial charge in [0.05, 0.1) is 12.6 Å². The summed E-state index contributed by atoms with van der Waals surface area (Å²) >= 11 is 0. The summed E-state index contributed by atoms with van der Waals surface area (Å²) in [6.45, 7) is 10.1. The van der Waals surface area contributed by atoms with Crippen LogP contribution in [0.5, 0.6) is 5.75 Å². The average molecular weight is 586 g/mol. The Morgan fingerprint density at radius 2 is 1.50 bits per heavy atom. The summed E-state index contributed by atoms with van der Waals surface area (Å²) < 4.78 is 7.23. The van der Waals surface area contributed by atoms with Gasteiger partial charge in [0.15, 0.2) is 0 Å². The number of fused-ring (bicyclic) bond motifs is 2. The highest BCUT2D eigenvalue weighted by atomic mass is 16.5. The van der Waals surface area contributed by atoms with E-state index in [-0.39, 0.29) is 0 Å². The molecule has 0 atom stereocenters. The van der Waals surface area contributed by atoms with Crippen molar-refractivity contribution in [2.24, 2.45) is 0 Å². The van der Waals surface area contributed by atoms with Crippen molar-refractivity contribution in [1.82, 2.24) is 24.3 Å². The smallest absolute Gasteiger partial charge is 0.225 e. The zero-order chi connectivity index (χ0) is 30.5. The van der Waals surface area contributed by atoms with Gasteiger partial charge in [-0.2, -0.15) is 0 Å². The summed E-state index contributed by atoms with van der Waals surface area (Å²) in [7, 11) is 1.67. The maximum absolute atomic E-state index is 5.12. The van der Waals surface area contributed by atoms with Gasteiger partial charge >= 0.3 is 0 Å². The molecule has 1 fully saturated rings. The van der Waals surface area contributed by atoms with Gasteiger partial charge in [0, 0.05) is 73.4 Å². The predicted octanol–water partition coefficient (Wildman–Crippen LogP) is 6.93. The third-order valence-electron chi connectivity index (χ3n) is 8.09. The average Bonchev–Trinajstić information content (AvgIpc) is 3.45. The highest BCUT2D eigenvalue weighted by Crippen LogP contribution is 2.26. The van der Waals surface area contributed by atoms with Crippen molar-refractivity contribution in [2.45, 2.75) is 33.6 Å². The molecule has 5 heterocycles. The molecule has 1 aliphatic heterocycles.